The number of benzene rings is 1. The van der Waals surface area contributed by atoms with Crippen molar-refractivity contribution in [2.24, 2.45) is 11.8 Å². The summed E-state index contributed by atoms with van der Waals surface area (Å²) in [5, 5.41) is 9.56. The van der Waals surface area contributed by atoms with Gasteiger partial charge in [0.15, 0.2) is 0 Å². The Labute approximate surface area is 175 Å². The molecule has 2 aliphatic heterocycles. The van der Waals surface area contributed by atoms with Gasteiger partial charge in [0.25, 0.3) is 0 Å². The van der Waals surface area contributed by atoms with Crippen molar-refractivity contribution in [2.75, 3.05) is 19.7 Å². The van der Waals surface area contributed by atoms with Crippen molar-refractivity contribution in [3.8, 4) is 5.75 Å². The van der Waals surface area contributed by atoms with Gasteiger partial charge in [-0.1, -0.05) is 38.0 Å². The summed E-state index contributed by atoms with van der Waals surface area (Å²) in [4.78, 5) is 14.1. The highest BCUT2D eigenvalue weighted by Gasteiger charge is 2.31. The summed E-state index contributed by atoms with van der Waals surface area (Å²) >= 11 is 0. The van der Waals surface area contributed by atoms with Gasteiger partial charge in [-0.05, 0) is 56.7 Å². The number of likely N-dealkylation sites (tertiary alicyclic amines) is 1. The first-order chi connectivity index (χ1) is 12.2. The van der Waals surface area contributed by atoms with Crippen LogP contribution < -0.4 is 4.74 Å². The van der Waals surface area contributed by atoms with Gasteiger partial charge < -0.3 is 9.84 Å². The molecule has 0 spiro atoms. The second-order valence-corrected chi connectivity index (χ2v) is 7.56. The molecule has 1 aromatic rings. The number of hydrogen-bond acceptors (Lipinski definition) is 3. The van der Waals surface area contributed by atoms with Crippen LogP contribution in [0.4, 0.5) is 0 Å². The maximum Gasteiger partial charge on any atom is 0.306 e. The van der Waals surface area contributed by atoms with Crippen molar-refractivity contribution < 1.29 is 14.6 Å². The quantitative estimate of drug-likeness (QED) is 0.680. The highest BCUT2D eigenvalue weighted by Crippen LogP contribution is 2.33. The van der Waals surface area contributed by atoms with Crippen LogP contribution >= 0.6 is 24.8 Å². The fraction of sp³-hybridized carbons (Fsp3) is 0.667. The number of piperidine rings is 1. The molecule has 2 heterocycles. The summed E-state index contributed by atoms with van der Waals surface area (Å²) in [6.45, 7) is 5.85. The molecule has 0 aromatic heterocycles. The van der Waals surface area contributed by atoms with Gasteiger partial charge in [0, 0.05) is 12.1 Å². The third kappa shape index (κ3) is 6.27. The number of para-hydroxylation sites is 1. The molecule has 0 aliphatic carbocycles. The highest BCUT2D eigenvalue weighted by atomic mass is 35.5. The Morgan fingerprint density at radius 1 is 1.30 bits per heavy atom. The predicted octanol–water partition coefficient (Wildman–Crippen LogP) is 4.96. The number of ether oxygens (including phenoxy) is 1. The van der Waals surface area contributed by atoms with Crippen LogP contribution in [0.25, 0.3) is 0 Å². The summed E-state index contributed by atoms with van der Waals surface area (Å²) < 4.78 is 5.93. The molecule has 27 heavy (non-hydrogen) atoms. The molecule has 1 saturated heterocycles. The van der Waals surface area contributed by atoms with Gasteiger partial charge in [-0.3, -0.25) is 9.69 Å². The lowest BCUT2D eigenvalue weighted by Crippen LogP contribution is -2.37. The molecule has 0 saturated carbocycles. The summed E-state index contributed by atoms with van der Waals surface area (Å²) in [6.07, 6.45) is 7.13. The van der Waals surface area contributed by atoms with Crippen molar-refractivity contribution in [1.82, 2.24) is 4.90 Å². The third-order valence-corrected chi connectivity index (χ3v) is 5.80. The molecule has 6 heteroatoms. The van der Waals surface area contributed by atoms with E-state index >= 15 is 0 Å². The zero-order valence-electron chi connectivity index (χ0n) is 16.2. The Kier molecular flexibility index (Phi) is 10.5. The Balaban J connectivity index is 0.00000182. The van der Waals surface area contributed by atoms with E-state index in [1.54, 1.807) is 0 Å². The Morgan fingerprint density at radius 3 is 2.70 bits per heavy atom. The van der Waals surface area contributed by atoms with Gasteiger partial charge >= 0.3 is 5.97 Å². The topological polar surface area (TPSA) is 49.8 Å². The molecule has 3 rings (SSSR count). The number of rotatable bonds is 7. The van der Waals surface area contributed by atoms with Gasteiger partial charge in [-0.25, -0.2) is 0 Å². The number of carboxylic acid groups (broad SMARTS) is 1. The van der Waals surface area contributed by atoms with Crippen molar-refractivity contribution in [3.63, 3.8) is 0 Å². The highest BCUT2D eigenvalue weighted by molar-refractivity contribution is 5.85. The second kappa shape index (κ2) is 11.8. The summed E-state index contributed by atoms with van der Waals surface area (Å²) in [5.41, 5.74) is 2.63. The molecule has 0 radical (unpaired) electrons. The molecule has 154 valence electrons. The molecule has 1 atom stereocenters. The van der Waals surface area contributed by atoms with Gasteiger partial charge in [-0.15, -0.1) is 24.8 Å². The van der Waals surface area contributed by atoms with Gasteiger partial charge in [-0.2, -0.15) is 0 Å². The first-order valence-electron chi connectivity index (χ1n) is 9.87. The normalized spacial score (nSPS) is 18.4. The Bertz CT molecular complexity index is 589. The molecule has 1 aromatic carbocycles. The number of nitrogens with zero attached hydrogens (tertiary/aromatic N) is 1. The van der Waals surface area contributed by atoms with Gasteiger partial charge in [0.1, 0.15) is 5.75 Å². The minimum atomic E-state index is -0.600. The lowest BCUT2D eigenvalue weighted by atomic mass is 9.81. The molecule has 0 amide bonds. The van der Waals surface area contributed by atoms with Crippen LogP contribution in [-0.2, 0) is 17.8 Å². The summed E-state index contributed by atoms with van der Waals surface area (Å²) in [6, 6.07) is 6.49. The number of unbranched alkanes of at least 4 members (excludes halogenated alkanes) is 1. The third-order valence-electron chi connectivity index (χ3n) is 5.80. The molecule has 1 fully saturated rings. The average Bonchev–Trinajstić information content (AvgIpc) is 2.63. The Hall–Kier alpha value is -0.970. The molecule has 4 nitrogen and oxygen atoms in total. The van der Waals surface area contributed by atoms with Crippen LogP contribution in [0.2, 0.25) is 0 Å². The number of fused-ring (bicyclic) bond motifs is 1. The predicted molar refractivity (Wildman–Crippen MR) is 113 cm³/mol. The Morgan fingerprint density at radius 2 is 2.04 bits per heavy atom. The summed E-state index contributed by atoms with van der Waals surface area (Å²) in [7, 11) is 0. The fourth-order valence-corrected chi connectivity index (χ4v) is 4.32. The van der Waals surface area contributed by atoms with Crippen LogP contribution in [0.3, 0.4) is 0 Å². The minimum Gasteiger partial charge on any atom is -0.493 e. The van der Waals surface area contributed by atoms with Gasteiger partial charge in [0.05, 0.1) is 12.5 Å². The van der Waals surface area contributed by atoms with Crippen molar-refractivity contribution in [2.45, 2.75) is 58.4 Å². The average molecular weight is 418 g/mol. The maximum absolute atomic E-state index is 11.6. The van der Waals surface area contributed by atoms with Crippen molar-refractivity contribution >= 4 is 30.8 Å². The van der Waals surface area contributed by atoms with E-state index in [2.05, 4.69) is 30.0 Å². The van der Waals surface area contributed by atoms with Crippen LogP contribution in [0.15, 0.2) is 18.2 Å². The van der Waals surface area contributed by atoms with E-state index in [-0.39, 0.29) is 30.7 Å². The number of aryl methyl sites for hydroxylation is 1. The van der Waals surface area contributed by atoms with E-state index in [1.165, 1.54) is 11.1 Å². The molecule has 2 aliphatic rings. The zero-order valence-corrected chi connectivity index (χ0v) is 17.8. The standard InChI is InChI=1S/C21H31NO3.2ClH/c1-2-3-9-19(21(23)24)16-10-12-22(13-11-16)15-18-7-4-6-17-8-5-14-25-20(17)18;;/h4,6-7,16,19H,2-3,5,8-15H2,1H3,(H,23,24);2*1H. The lowest BCUT2D eigenvalue weighted by molar-refractivity contribution is -0.144. The van der Waals surface area contributed by atoms with E-state index in [4.69, 9.17) is 4.74 Å². The van der Waals surface area contributed by atoms with Crippen LogP contribution in [0.5, 0.6) is 5.75 Å². The maximum atomic E-state index is 11.6. The lowest BCUT2D eigenvalue weighted by Gasteiger charge is -2.35. The molecule has 1 N–H and O–H groups in total. The van der Waals surface area contributed by atoms with E-state index in [0.29, 0.717) is 5.92 Å². The van der Waals surface area contributed by atoms with Crippen molar-refractivity contribution in [3.05, 3.63) is 29.3 Å². The largest absolute Gasteiger partial charge is 0.493 e. The second-order valence-electron chi connectivity index (χ2n) is 7.56. The zero-order chi connectivity index (χ0) is 17.6. The van der Waals surface area contributed by atoms with Gasteiger partial charge in [0.2, 0.25) is 0 Å². The number of halogens is 2. The summed E-state index contributed by atoms with van der Waals surface area (Å²) in [5.74, 6) is 0.677. The van der Waals surface area contributed by atoms with Crippen LogP contribution in [-0.4, -0.2) is 35.7 Å². The molecule has 0 bridgehead atoms. The number of carbonyl (C=O) groups is 1. The van der Waals surface area contributed by atoms with Crippen LogP contribution in [0.1, 0.15) is 56.6 Å². The molecular weight excluding hydrogens is 385 g/mol. The number of carboxylic acids is 1. The molecular formula is C21H33Cl2NO3. The number of hydrogen-bond donors (Lipinski definition) is 1. The van der Waals surface area contributed by atoms with Crippen LogP contribution in [0, 0.1) is 11.8 Å². The first-order valence-corrected chi connectivity index (χ1v) is 9.87. The van der Waals surface area contributed by atoms with E-state index in [1.807, 2.05) is 0 Å². The minimum absolute atomic E-state index is 0. The smallest absolute Gasteiger partial charge is 0.306 e. The van der Waals surface area contributed by atoms with E-state index in [0.717, 1.165) is 76.9 Å². The van der Waals surface area contributed by atoms with E-state index < -0.39 is 5.97 Å². The number of aliphatic carboxylic acids is 1. The SMILES string of the molecule is CCCCC(C(=O)O)C1CCN(Cc2cccc3c2OCCC3)CC1.Cl.Cl. The van der Waals surface area contributed by atoms with Crippen molar-refractivity contribution in [1.29, 1.82) is 0 Å². The van der Waals surface area contributed by atoms with E-state index in [9.17, 15) is 9.90 Å². The monoisotopic (exact) mass is 417 g/mol. The molecule has 1 unspecified atom stereocenters. The fourth-order valence-electron chi connectivity index (χ4n) is 4.32. The first kappa shape index (κ1) is 24.1.